The Hall–Kier alpha value is -3.47. The minimum atomic E-state index is -0.207. The van der Waals surface area contributed by atoms with E-state index in [2.05, 4.69) is 33.6 Å². The van der Waals surface area contributed by atoms with Crippen LogP contribution in [-0.4, -0.2) is 16.0 Å². The number of nitrogens with one attached hydrogen (secondary N) is 2. The van der Waals surface area contributed by atoms with Crippen LogP contribution >= 0.6 is 0 Å². The number of carbonyl (C=O) groups is 1. The van der Waals surface area contributed by atoms with Crippen molar-refractivity contribution in [2.45, 2.75) is 13.8 Å². The van der Waals surface area contributed by atoms with Gasteiger partial charge in [0.25, 0.3) is 5.91 Å². The summed E-state index contributed by atoms with van der Waals surface area (Å²) < 4.78 is 1.90. The predicted molar refractivity (Wildman–Crippen MR) is 101 cm³/mol. The van der Waals surface area contributed by atoms with E-state index < -0.39 is 0 Å². The van der Waals surface area contributed by atoms with Crippen LogP contribution in [0.4, 0.5) is 5.69 Å². The van der Waals surface area contributed by atoms with Gasteiger partial charge in [-0.1, -0.05) is 40.9 Å². The van der Waals surface area contributed by atoms with Crippen LogP contribution in [0.5, 0.6) is 0 Å². The second-order valence-electron chi connectivity index (χ2n) is 6.32. The van der Waals surface area contributed by atoms with Crippen molar-refractivity contribution in [3.63, 3.8) is 0 Å². The largest absolute Gasteiger partial charge is 0.316 e. The Morgan fingerprint density at radius 1 is 1.04 bits per heavy atom. The van der Waals surface area contributed by atoms with E-state index in [0.717, 1.165) is 28.0 Å². The third kappa shape index (κ3) is 3.07. The zero-order valence-electron chi connectivity index (χ0n) is 14.7. The average molecular weight is 343 g/mol. The smallest absolute Gasteiger partial charge is 0.274 e. The zero-order valence-corrected chi connectivity index (χ0v) is 14.7. The van der Waals surface area contributed by atoms with Crippen LogP contribution in [0.15, 0.2) is 66.9 Å². The molecule has 3 aromatic heterocycles. The molecule has 0 saturated carbocycles. The van der Waals surface area contributed by atoms with Gasteiger partial charge in [0.05, 0.1) is 0 Å². The number of rotatable bonds is 3. The fourth-order valence-corrected chi connectivity index (χ4v) is 2.92. The van der Waals surface area contributed by atoms with E-state index in [4.69, 9.17) is 0 Å². The van der Waals surface area contributed by atoms with Gasteiger partial charge in [-0.3, -0.25) is 4.79 Å². The number of aryl methyl sites for hydroxylation is 2. The quantitative estimate of drug-likeness (QED) is 0.557. The topological polar surface area (TPSA) is 61.9 Å². The van der Waals surface area contributed by atoms with Gasteiger partial charge in [-0.15, -0.1) is 0 Å². The lowest BCUT2D eigenvalue weighted by molar-refractivity contribution is -0.575. The van der Waals surface area contributed by atoms with Crippen LogP contribution in [0.1, 0.15) is 21.7 Å². The Morgan fingerprint density at radius 3 is 2.65 bits per heavy atom. The van der Waals surface area contributed by atoms with E-state index in [1.54, 1.807) is 0 Å². The maximum absolute atomic E-state index is 12.6. The van der Waals surface area contributed by atoms with Crippen molar-refractivity contribution < 1.29 is 9.31 Å². The lowest BCUT2D eigenvalue weighted by Crippen LogP contribution is -2.24. The first-order valence-electron chi connectivity index (χ1n) is 8.45. The summed E-state index contributed by atoms with van der Waals surface area (Å²) in [6, 6.07) is 19.9. The number of hydrogen-bond acceptors (Lipinski definition) is 2. The van der Waals surface area contributed by atoms with Crippen molar-refractivity contribution in [3.05, 3.63) is 83.8 Å². The highest BCUT2D eigenvalue weighted by Crippen LogP contribution is 2.18. The van der Waals surface area contributed by atoms with Crippen LogP contribution < -0.4 is 9.83 Å². The molecule has 0 fully saturated rings. The molecule has 0 aliphatic carbocycles. The number of aromatic nitrogens is 3. The normalized spacial score (nSPS) is 10.8. The number of hydrogen-bond donors (Lipinski definition) is 2. The lowest BCUT2D eigenvalue weighted by Gasteiger charge is -2.06. The van der Waals surface area contributed by atoms with Gasteiger partial charge in [-0.2, -0.15) is 5.10 Å². The summed E-state index contributed by atoms with van der Waals surface area (Å²) in [5.74, 6) is -0.207. The minimum Gasteiger partial charge on any atom is -0.316 e. The summed E-state index contributed by atoms with van der Waals surface area (Å²) in [7, 11) is 0. The van der Waals surface area contributed by atoms with Crippen molar-refractivity contribution >= 4 is 17.1 Å². The third-order valence-corrected chi connectivity index (χ3v) is 4.31. The summed E-state index contributed by atoms with van der Waals surface area (Å²) in [6.07, 6.45) is 1.87. The van der Waals surface area contributed by atoms with Gasteiger partial charge in [-0.05, 0) is 31.5 Å². The molecule has 3 heterocycles. The molecule has 1 aromatic carbocycles. The number of fused-ring (bicyclic) bond motifs is 1. The standard InChI is InChI=1S/C21H18N4O/c1-14-8-9-15(2)22-20(14)21(26)23-17-10-11-18-12-19(24-25(18)13-17)16-6-4-3-5-7-16/h3-13H,1-2H3,(H,23,26)/p+1. The van der Waals surface area contributed by atoms with Crippen molar-refractivity contribution in [2.75, 3.05) is 5.32 Å². The number of nitrogens with zero attached hydrogens (tertiary/aromatic N) is 2. The Bertz CT molecular complexity index is 1100. The first kappa shape index (κ1) is 16.0. The van der Waals surface area contributed by atoms with Crippen molar-refractivity contribution in [3.8, 4) is 11.3 Å². The second-order valence-corrected chi connectivity index (χ2v) is 6.32. The second kappa shape index (κ2) is 6.44. The molecule has 4 rings (SSSR count). The molecule has 4 aromatic rings. The maximum Gasteiger partial charge on any atom is 0.274 e. The molecule has 0 atom stereocenters. The van der Waals surface area contributed by atoms with E-state index in [-0.39, 0.29) is 5.91 Å². The molecule has 0 unspecified atom stereocenters. The van der Waals surface area contributed by atoms with Crippen LogP contribution in [0, 0.1) is 13.8 Å². The number of pyridine rings is 2. The molecule has 128 valence electrons. The summed E-state index contributed by atoms with van der Waals surface area (Å²) in [5, 5.41) is 6.26. The number of carbonyl (C=O) groups excluding carboxylic acids is 1. The van der Waals surface area contributed by atoms with Gasteiger partial charge in [0.1, 0.15) is 17.1 Å². The molecule has 5 nitrogen and oxygen atoms in total. The highest BCUT2D eigenvalue weighted by molar-refractivity contribution is 6.03. The van der Waals surface area contributed by atoms with E-state index in [1.807, 2.05) is 67.0 Å². The summed E-state index contributed by atoms with van der Waals surface area (Å²) in [4.78, 5) is 16.9. The highest BCUT2D eigenvalue weighted by Gasteiger charge is 2.15. The van der Waals surface area contributed by atoms with E-state index in [9.17, 15) is 4.79 Å². The molecule has 26 heavy (non-hydrogen) atoms. The van der Waals surface area contributed by atoms with Crippen LogP contribution in [0.25, 0.3) is 16.8 Å². The first-order valence-corrected chi connectivity index (χ1v) is 8.45. The molecule has 5 heteroatoms. The number of anilines is 1. The first-order chi connectivity index (χ1) is 12.6. The molecule has 0 saturated heterocycles. The third-order valence-electron chi connectivity index (χ3n) is 4.31. The number of aromatic amines is 1. The van der Waals surface area contributed by atoms with Crippen LogP contribution in [-0.2, 0) is 0 Å². The molecule has 0 aliphatic rings. The van der Waals surface area contributed by atoms with Gasteiger partial charge >= 0.3 is 0 Å². The molecule has 0 radical (unpaired) electrons. The van der Waals surface area contributed by atoms with Crippen LogP contribution in [0.3, 0.4) is 0 Å². The lowest BCUT2D eigenvalue weighted by atomic mass is 10.1. The average Bonchev–Trinajstić information content (AvgIpc) is 3.08. The van der Waals surface area contributed by atoms with Crippen molar-refractivity contribution in [1.82, 2.24) is 10.1 Å². The summed E-state index contributed by atoms with van der Waals surface area (Å²) >= 11 is 0. The molecule has 2 N–H and O–H groups in total. The maximum atomic E-state index is 12.6. The van der Waals surface area contributed by atoms with Crippen LogP contribution in [0.2, 0.25) is 0 Å². The molecular formula is C21H19N4O+. The van der Waals surface area contributed by atoms with Gasteiger partial charge in [-0.25, -0.2) is 4.98 Å². The van der Waals surface area contributed by atoms with Gasteiger partial charge < -0.3 is 5.32 Å². The van der Waals surface area contributed by atoms with E-state index >= 15 is 0 Å². The van der Waals surface area contributed by atoms with Gasteiger partial charge in [0.15, 0.2) is 0 Å². The Morgan fingerprint density at radius 2 is 1.85 bits per heavy atom. The molecule has 0 bridgehead atoms. The Balaban J connectivity index is 1.63. The van der Waals surface area contributed by atoms with E-state index in [1.165, 1.54) is 0 Å². The molecular weight excluding hydrogens is 324 g/mol. The van der Waals surface area contributed by atoms with Gasteiger partial charge in [0, 0.05) is 23.4 Å². The van der Waals surface area contributed by atoms with Crippen molar-refractivity contribution in [2.24, 2.45) is 0 Å². The fraction of sp³-hybridized carbons (Fsp3) is 0.0952. The number of amides is 1. The fourth-order valence-electron chi connectivity index (χ4n) is 2.92. The monoisotopic (exact) mass is 343 g/mol. The van der Waals surface area contributed by atoms with Crippen molar-refractivity contribution in [1.29, 1.82) is 0 Å². The molecule has 0 spiro atoms. The Kier molecular flexibility index (Phi) is 3.97. The zero-order chi connectivity index (χ0) is 18.1. The van der Waals surface area contributed by atoms with E-state index in [0.29, 0.717) is 11.4 Å². The minimum absolute atomic E-state index is 0.207. The molecule has 0 aliphatic heterocycles. The summed E-state index contributed by atoms with van der Waals surface area (Å²) in [6.45, 7) is 3.76. The predicted octanol–water partition coefficient (Wildman–Crippen LogP) is 3.68. The van der Waals surface area contributed by atoms with Gasteiger partial charge in [0.2, 0.25) is 11.7 Å². The summed E-state index contributed by atoms with van der Waals surface area (Å²) in [5.41, 5.74) is 5.98. The highest BCUT2D eigenvalue weighted by atomic mass is 16.1. The SMILES string of the molecule is Cc1ccc(C)c(C(=O)Nc2ccc3cc(-c4ccccc4)[nH][n+]3c2)n1. The number of H-pyrrole nitrogens is 1. The number of benzene rings is 1. The Labute approximate surface area is 151 Å². The molecule has 1 amide bonds.